The van der Waals surface area contributed by atoms with Gasteiger partial charge in [0.2, 0.25) is 0 Å². The molecule has 0 radical (unpaired) electrons. The van der Waals surface area contributed by atoms with E-state index in [0.29, 0.717) is 5.56 Å². The highest BCUT2D eigenvalue weighted by molar-refractivity contribution is 6.40. The molecule has 0 amide bonds. The third kappa shape index (κ3) is 3.50. The Hall–Kier alpha value is -1.71. The van der Waals surface area contributed by atoms with Gasteiger partial charge in [-0.05, 0) is 32.9 Å². The van der Waals surface area contributed by atoms with Crippen LogP contribution in [-0.2, 0) is 9.53 Å². The van der Waals surface area contributed by atoms with E-state index in [4.69, 9.17) is 4.74 Å². The molecule has 0 saturated heterocycles. The van der Waals surface area contributed by atoms with Gasteiger partial charge in [0, 0.05) is 18.0 Å². The molecule has 0 aliphatic rings. The van der Waals surface area contributed by atoms with Crippen molar-refractivity contribution in [3.8, 4) is 0 Å². The predicted molar refractivity (Wildman–Crippen MR) is 54.4 cm³/mol. The van der Waals surface area contributed by atoms with Crippen LogP contribution in [0.25, 0.3) is 0 Å². The first kappa shape index (κ1) is 11.4. The zero-order valence-electron chi connectivity index (χ0n) is 8.98. The SMILES string of the molecule is CC(C)(C)OC(=O)C(=O)c1ccncc1. The largest absolute Gasteiger partial charge is 0.454 e. The lowest BCUT2D eigenvalue weighted by Crippen LogP contribution is -2.28. The summed E-state index contributed by atoms with van der Waals surface area (Å²) in [5.41, 5.74) is -0.362. The molecule has 0 aliphatic carbocycles. The maximum Gasteiger partial charge on any atom is 0.380 e. The number of ether oxygens (including phenoxy) is 1. The molecule has 1 rings (SSSR count). The van der Waals surface area contributed by atoms with Crippen molar-refractivity contribution < 1.29 is 14.3 Å². The Morgan fingerprint density at radius 2 is 1.73 bits per heavy atom. The Labute approximate surface area is 88.3 Å². The Kier molecular flexibility index (Phi) is 3.19. The maximum absolute atomic E-state index is 11.5. The van der Waals surface area contributed by atoms with Crippen molar-refractivity contribution in [1.82, 2.24) is 4.98 Å². The van der Waals surface area contributed by atoms with E-state index in [1.54, 1.807) is 20.8 Å². The van der Waals surface area contributed by atoms with E-state index in [-0.39, 0.29) is 0 Å². The second kappa shape index (κ2) is 4.21. The van der Waals surface area contributed by atoms with E-state index in [1.165, 1.54) is 24.5 Å². The van der Waals surface area contributed by atoms with Gasteiger partial charge in [-0.3, -0.25) is 9.78 Å². The normalized spacial score (nSPS) is 10.9. The van der Waals surface area contributed by atoms with Crippen molar-refractivity contribution in [2.24, 2.45) is 0 Å². The molecule has 1 heterocycles. The number of pyridine rings is 1. The molecule has 4 nitrogen and oxygen atoms in total. The Bertz CT molecular complexity index is 365. The molecule has 4 heteroatoms. The zero-order chi connectivity index (χ0) is 11.5. The fourth-order valence-corrected chi connectivity index (χ4v) is 0.946. The molecule has 1 aromatic heterocycles. The smallest absolute Gasteiger partial charge is 0.380 e. The molecule has 0 bridgehead atoms. The van der Waals surface area contributed by atoms with Gasteiger partial charge in [0.05, 0.1) is 0 Å². The first-order valence-corrected chi connectivity index (χ1v) is 4.58. The number of Topliss-reactive ketones (excluding diaryl/α,β-unsaturated/α-hetero) is 1. The lowest BCUT2D eigenvalue weighted by atomic mass is 10.1. The molecule has 80 valence electrons. The van der Waals surface area contributed by atoms with Crippen molar-refractivity contribution in [2.75, 3.05) is 0 Å². The number of nitrogens with zero attached hydrogens (tertiary/aromatic N) is 1. The first-order chi connectivity index (χ1) is 6.90. The Morgan fingerprint density at radius 3 is 2.20 bits per heavy atom. The van der Waals surface area contributed by atoms with Gasteiger partial charge < -0.3 is 4.74 Å². The second-order valence-corrected chi connectivity index (χ2v) is 4.07. The second-order valence-electron chi connectivity index (χ2n) is 4.07. The van der Waals surface area contributed by atoms with E-state index in [0.717, 1.165) is 0 Å². The molecule has 0 atom stereocenters. The number of hydrogen-bond acceptors (Lipinski definition) is 4. The minimum Gasteiger partial charge on any atom is -0.454 e. The third-order valence-corrected chi connectivity index (χ3v) is 1.53. The van der Waals surface area contributed by atoms with Crippen molar-refractivity contribution in [2.45, 2.75) is 26.4 Å². The van der Waals surface area contributed by atoms with Gasteiger partial charge in [0.1, 0.15) is 5.60 Å². The molecule has 15 heavy (non-hydrogen) atoms. The van der Waals surface area contributed by atoms with Crippen LogP contribution in [0.4, 0.5) is 0 Å². The molecule has 0 unspecified atom stereocenters. The molecule has 0 aromatic carbocycles. The molecule has 0 spiro atoms. The van der Waals surface area contributed by atoms with E-state index in [9.17, 15) is 9.59 Å². The third-order valence-electron chi connectivity index (χ3n) is 1.53. The van der Waals surface area contributed by atoms with Gasteiger partial charge in [-0.1, -0.05) is 0 Å². The number of hydrogen-bond donors (Lipinski definition) is 0. The van der Waals surface area contributed by atoms with Crippen LogP contribution >= 0.6 is 0 Å². The average molecular weight is 207 g/mol. The summed E-state index contributed by atoms with van der Waals surface area (Å²) in [6, 6.07) is 2.96. The van der Waals surface area contributed by atoms with Gasteiger partial charge in [-0.2, -0.15) is 0 Å². The number of ketones is 1. The number of carbonyl (C=O) groups excluding carboxylic acids is 2. The van der Waals surface area contributed by atoms with E-state index < -0.39 is 17.4 Å². The molecule has 0 fully saturated rings. The first-order valence-electron chi connectivity index (χ1n) is 4.58. The van der Waals surface area contributed by atoms with Crippen molar-refractivity contribution in [1.29, 1.82) is 0 Å². The van der Waals surface area contributed by atoms with E-state index >= 15 is 0 Å². The molecular weight excluding hydrogens is 194 g/mol. The van der Waals surface area contributed by atoms with Gasteiger partial charge in [-0.15, -0.1) is 0 Å². The van der Waals surface area contributed by atoms with Crippen LogP contribution < -0.4 is 0 Å². The highest BCUT2D eigenvalue weighted by Gasteiger charge is 2.23. The van der Waals surface area contributed by atoms with Gasteiger partial charge in [0.15, 0.2) is 0 Å². The van der Waals surface area contributed by atoms with Gasteiger partial charge >= 0.3 is 5.97 Å². The minimum absolute atomic E-state index is 0.291. The number of esters is 1. The number of carbonyl (C=O) groups is 2. The van der Waals surface area contributed by atoms with E-state index in [1.807, 2.05) is 0 Å². The standard InChI is InChI=1S/C11H13NO3/c1-11(2,3)15-10(14)9(13)8-4-6-12-7-5-8/h4-7H,1-3H3. The van der Waals surface area contributed by atoms with Gasteiger partial charge in [-0.25, -0.2) is 4.79 Å². The summed E-state index contributed by atoms with van der Waals surface area (Å²) in [7, 11) is 0. The molecular formula is C11H13NO3. The van der Waals surface area contributed by atoms with Crippen molar-refractivity contribution in [3.63, 3.8) is 0 Å². The molecule has 0 N–H and O–H groups in total. The predicted octanol–water partition coefficient (Wildman–Crippen LogP) is 1.61. The summed E-state index contributed by atoms with van der Waals surface area (Å²) in [4.78, 5) is 26.6. The minimum atomic E-state index is -0.839. The topological polar surface area (TPSA) is 56.3 Å². The molecule has 0 saturated carbocycles. The van der Waals surface area contributed by atoms with Crippen LogP contribution in [0.3, 0.4) is 0 Å². The Balaban J connectivity index is 2.75. The zero-order valence-corrected chi connectivity index (χ0v) is 8.98. The summed E-state index contributed by atoms with van der Waals surface area (Å²) in [6.07, 6.45) is 2.91. The number of aromatic nitrogens is 1. The lowest BCUT2D eigenvalue weighted by molar-refractivity contribution is -0.148. The average Bonchev–Trinajstić information content (AvgIpc) is 2.15. The van der Waals surface area contributed by atoms with Crippen molar-refractivity contribution >= 4 is 11.8 Å². The fourth-order valence-electron chi connectivity index (χ4n) is 0.946. The monoisotopic (exact) mass is 207 g/mol. The van der Waals surface area contributed by atoms with E-state index in [2.05, 4.69) is 4.98 Å². The summed E-state index contributed by atoms with van der Waals surface area (Å²) in [6.45, 7) is 5.14. The highest BCUT2D eigenvalue weighted by Crippen LogP contribution is 2.09. The van der Waals surface area contributed by atoms with Crippen LogP contribution in [0, 0.1) is 0 Å². The van der Waals surface area contributed by atoms with Crippen LogP contribution in [0.2, 0.25) is 0 Å². The van der Waals surface area contributed by atoms with Crippen LogP contribution in [-0.4, -0.2) is 22.3 Å². The summed E-state index contributed by atoms with van der Waals surface area (Å²) < 4.78 is 4.95. The molecule has 0 aliphatic heterocycles. The summed E-state index contributed by atoms with van der Waals surface area (Å²) in [5, 5.41) is 0. The maximum atomic E-state index is 11.5. The van der Waals surface area contributed by atoms with Crippen molar-refractivity contribution in [3.05, 3.63) is 30.1 Å². The highest BCUT2D eigenvalue weighted by atomic mass is 16.6. The van der Waals surface area contributed by atoms with Gasteiger partial charge in [0.25, 0.3) is 5.78 Å². The fraction of sp³-hybridized carbons (Fsp3) is 0.364. The summed E-state index contributed by atoms with van der Waals surface area (Å²) in [5.74, 6) is -1.49. The quantitative estimate of drug-likeness (QED) is 0.420. The summed E-state index contributed by atoms with van der Waals surface area (Å²) >= 11 is 0. The van der Waals surface area contributed by atoms with Crippen LogP contribution in [0.5, 0.6) is 0 Å². The number of rotatable bonds is 2. The molecule has 1 aromatic rings. The lowest BCUT2D eigenvalue weighted by Gasteiger charge is -2.18. The van der Waals surface area contributed by atoms with Crippen LogP contribution in [0.15, 0.2) is 24.5 Å². The Morgan fingerprint density at radius 1 is 1.20 bits per heavy atom. The van der Waals surface area contributed by atoms with Crippen LogP contribution in [0.1, 0.15) is 31.1 Å².